The minimum Gasteiger partial charge on any atom is -0.495 e. The normalized spacial score (nSPS) is 18.9. The largest absolute Gasteiger partial charge is 0.495 e. The molecule has 1 unspecified atom stereocenters. The van der Waals surface area contributed by atoms with Gasteiger partial charge in [-0.05, 0) is 31.0 Å². The van der Waals surface area contributed by atoms with E-state index in [-0.39, 0.29) is 5.91 Å². The lowest BCUT2D eigenvalue weighted by Gasteiger charge is -2.33. The highest BCUT2D eigenvalue weighted by atomic mass is 35.5. The molecule has 0 radical (unpaired) electrons. The van der Waals surface area contributed by atoms with Crippen LogP contribution in [0.3, 0.4) is 0 Å². The number of benzene rings is 1. The monoisotopic (exact) mass is 297 g/mol. The van der Waals surface area contributed by atoms with Crippen molar-refractivity contribution in [2.75, 3.05) is 19.1 Å². The summed E-state index contributed by atoms with van der Waals surface area (Å²) in [6.07, 6.45) is 1.68. The first-order chi connectivity index (χ1) is 9.58. The minimum atomic E-state index is -0.592. The third-order valence-corrected chi connectivity index (χ3v) is 3.63. The fraction of sp³-hybridized carbons (Fsp3) is 0.429. The van der Waals surface area contributed by atoms with E-state index < -0.39 is 12.0 Å². The molecule has 20 heavy (non-hydrogen) atoms. The summed E-state index contributed by atoms with van der Waals surface area (Å²) in [4.78, 5) is 25.4. The lowest BCUT2D eigenvalue weighted by molar-refractivity contribution is -0.144. The number of amides is 1. The number of esters is 1. The molecule has 0 aliphatic carbocycles. The van der Waals surface area contributed by atoms with Gasteiger partial charge in [-0.1, -0.05) is 11.6 Å². The Bertz CT molecular complexity index is 532. The first-order valence-corrected chi connectivity index (χ1v) is 6.69. The average molecular weight is 298 g/mol. The van der Waals surface area contributed by atoms with Gasteiger partial charge < -0.3 is 9.47 Å². The molecular weight excluding hydrogens is 282 g/mol. The molecule has 0 spiro atoms. The Morgan fingerprint density at radius 1 is 1.40 bits per heavy atom. The summed E-state index contributed by atoms with van der Waals surface area (Å²) in [6, 6.07) is 4.42. The standard InChI is InChI=1S/C14H16ClNO4/c1-19-12-7-6-9(8-10(12)15)16-11(14(18)20-2)4-3-5-13(16)17/h6-8,11H,3-5H2,1-2H3. The van der Waals surface area contributed by atoms with Crippen LogP contribution in [0.25, 0.3) is 0 Å². The zero-order chi connectivity index (χ0) is 14.7. The van der Waals surface area contributed by atoms with Crippen molar-refractivity contribution in [1.29, 1.82) is 0 Å². The summed E-state index contributed by atoms with van der Waals surface area (Å²) < 4.78 is 9.86. The number of hydrogen-bond donors (Lipinski definition) is 0. The van der Waals surface area contributed by atoms with Crippen molar-refractivity contribution >= 4 is 29.2 Å². The maximum Gasteiger partial charge on any atom is 0.328 e. The number of piperidine rings is 1. The van der Waals surface area contributed by atoms with Gasteiger partial charge in [-0.2, -0.15) is 0 Å². The molecule has 2 rings (SSSR count). The topological polar surface area (TPSA) is 55.8 Å². The van der Waals surface area contributed by atoms with Gasteiger partial charge in [-0.15, -0.1) is 0 Å². The molecule has 1 atom stereocenters. The van der Waals surface area contributed by atoms with Gasteiger partial charge in [0.05, 0.1) is 19.2 Å². The summed E-state index contributed by atoms with van der Waals surface area (Å²) in [5.74, 6) is 0.00682. The van der Waals surface area contributed by atoms with Crippen LogP contribution in [-0.4, -0.2) is 32.1 Å². The third-order valence-electron chi connectivity index (χ3n) is 3.34. The van der Waals surface area contributed by atoms with Crippen LogP contribution < -0.4 is 9.64 Å². The number of anilines is 1. The maximum absolute atomic E-state index is 12.1. The summed E-state index contributed by atoms with van der Waals surface area (Å²) in [6.45, 7) is 0. The highest BCUT2D eigenvalue weighted by Crippen LogP contribution is 2.33. The average Bonchev–Trinajstić information content (AvgIpc) is 2.46. The number of methoxy groups -OCH3 is 2. The van der Waals surface area contributed by atoms with Crippen molar-refractivity contribution in [2.45, 2.75) is 25.3 Å². The molecule has 1 amide bonds. The van der Waals surface area contributed by atoms with Crippen LogP contribution in [0.2, 0.25) is 5.02 Å². The van der Waals surface area contributed by atoms with E-state index in [1.54, 1.807) is 18.2 Å². The molecule has 1 fully saturated rings. The van der Waals surface area contributed by atoms with Crippen LogP contribution in [0.1, 0.15) is 19.3 Å². The van der Waals surface area contributed by atoms with Crippen molar-refractivity contribution in [3.05, 3.63) is 23.2 Å². The van der Waals surface area contributed by atoms with Crippen molar-refractivity contribution in [3.8, 4) is 5.75 Å². The molecule has 0 aromatic heterocycles. The number of ether oxygens (including phenoxy) is 2. The number of hydrogen-bond acceptors (Lipinski definition) is 4. The smallest absolute Gasteiger partial charge is 0.328 e. The molecule has 1 aromatic rings. The van der Waals surface area contributed by atoms with Gasteiger partial charge in [-0.3, -0.25) is 9.69 Å². The Hall–Kier alpha value is -1.75. The highest BCUT2D eigenvalue weighted by molar-refractivity contribution is 6.32. The van der Waals surface area contributed by atoms with Crippen molar-refractivity contribution in [2.24, 2.45) is 0 Å². The van der Waals surface area contributed by atoms with Gasteiger partial charge >= 0.3 is 5.97 Å². The molecule has 1 heterocycles. The minimum absolute atomic E-state index is 0.104. The number of carbonyl (C=O) groups is 2. The Balaban J connectivity index is 2.37. The van der Waals surface area contributed by atoms with Gasteiger partial charge in [0, 0.05) is 12.1 Å². The molecular formula is C14H16ClNO4. The van der Waals surface area contributed by atoms with Crippen LogP contribution in [0, 0.1) is 0 Å². The van der Waals surface area contributed by atoms with Gasteiger partial charge in [0.25, 0.3) is 0 Å². The molecule has 1 saturated heterocycles. The van der Waals surface area contributed by atoms with Gasteiger partial charge in [-0.25, -0.2) is 4.79 Å². The predicted octanol–water partition coefficient (Wildman–Crippen LogP) is 2.41. The third kappa shape index (κ3) is 2.72. The first kappa shape index (κ1) is 14.7. The number of carbonyl (C=O) groups excluding carboxylic acids is 2. The molecule has 0 saturated carbocycles. The number of rotatable bonds is 3. The van der Waals surface area contributed by atoms with Crippen LogP contribution in [0.4, 0.5) is 5.69 Å². The fourth-order valence-corrected chi connectivity index (χ4v) is 2.61. The summed E-state index contributed by atoms with van der Waals surface area (Å²) in [5, 5.41) is 0.395. The zero-order valence-corrected chi connectivity index (χ0v) is 12.1. The van der Waals surface area contributed by atoms with E-state index >= 15 is 0 Å². The molecule has 1 aromatic carbocycles. The van der Waals surface area contributed by atoms with E-state index in [2.05, 4.69) is 0 Å². The number of nitrogens with zero attached hydrogens (tertiary/aromatic N) is 1. The van der Waals surface area contributed by atoms with Gasteiger partial charge in [0.1, 0.15) is 11.8 Å². The van der Waals surface area contributed by atoms with Crippen molar-refractivity contribution in [1.82, 2.24) is 0 Å². The first-order valence-electron chi connectivity index (χ1n) is 6.32. The van der Waals surface area contributed by atoms with E-state index in [0.29, 0.717) is 35.7 Å². The lowest BCUT2D eigenvalue weighted by atomic mass is 10.0. The summed E-state index contributed by atoms with van der Waals surface area (Å²) >= 11 is 6.08. The van der Waals surface area contributed by atoms with Crippen molar-refractivity contribution < 1.29 is 19.1 Å². The van der Waals surface area contributed by atoms with Crippen LogP contribution in [0.15, 0.2) is 18.2 Å². The van der Waals surface area contributed by atoms with E-state index in [0.717, 1.165) is 0 Å². The zero-order valence-electron chi connectivity index (χ0n) is 11.4. The predicted molar refractivity (Wildman–Crippen MR) is 75.1 cm³/mol. The van der Waals surface area contributed by atoms with Crippen LogP contribution in [-0.2, 0) is 14.3 Å². The molecule has 0 N–H and O–H groups in total. The van der Waals surface area contributed by atoms with E-state index in [4.69, 9.17) is 21.1 Å². The van der Waals surface area contributed by atoms with Gasteiger partial charge in [0.15, 0.2) is 0 Å². The SMILES string of the molecule is COC(=O)C1CCCC(=O)N1c1ccc(OC)c(Cl)c1. The molecule has 1 aliphatic heterocycles. The maximum atomic E-state index is 12.1. The van der Waals surface area contributed by atoms with E-state index in [1.165, 1.54) is 19.1 Å². The second-order valence-electron chi connectivity index (χ2n) is 4.51. The molecule has 1 aliphatic rings. The lowest BCUT2D eigenvalue weighted by Crippen LogP contribution is -2.48. The molecule has 5 nitrogen and oxygen atoms in total. The molecule has 108 valence electrons. The second-order valence-corrected chi connectivity index (χ2v) is 4.92. The quantitative estimate of drug-likeness (QED) is 0.804. The highest BCUT2D eigenvalue weighted by Gasteiger charge is 2.35. The Kier molecular flexibility index (Phi) is 4.49. The molecule has 0 bridgehead atoms. The van der Waals surface area contributed by atoms with Crippen LogP contribution >= 0.6 is 11.6 Å². The Labute approximate surface area is 122 Å². The molecule has 6 heteroatoms. The summed E-state index contributed by atoms with van der Waals surface area (Å²) in [5.41, 5.74) is 0.580. The summed E-state index contributed by atoms with van der Waals surface area (Å²) in [7, 11) is 2.84. The van der Waals surface area contributed by atoms with Crippen LogP contribution in [0.5, 0.6) is 5.75 Å². The Morgan fingerprint density at radius 3 is 2.75 bits per heavy atom. The number of halogens is 1. The Morgan fingerprint density at radius 2 is 2.15 bits per heavy atom. The van der Waals surface area contributed by atoms with Crippen molar-refractivity contribution in [3.63, 3.8) is 0 Å². The fourth-order valence-electron chi connectivity index (χ4n) is 2.36. The second kappa shape index (κ2) is 6.13. The van der Waals surface area contributed by atoms with Gasteiger partial charge in [0.2, 0.25) is 5.91 Å². The van der Waals surface area contributed by atoms with E-state index in [1.807, 2.05) is 0 Å². The van der Waals surface area contributed by atoms with E-state index in [9.17, 15) is 9.59 Å².